The van der Waals surface area contributed by atoms with Crippen LogP contribution in [-0.2, 0) is 4.74 Å². The number of benzene rings is 1. The molecule has 0 bridgehead atoms. The average Bonchev–Trinajstić information content (AvgIpc) is 2.38. The monoisotopic (exact) mass is 286 g/mol. The number of rotatable bonds is 3. The minimum Gasteiger partial charge on any atom is -0.486 e. The molecule has 0 N–H and O–H groups in total. The van der Waals surface area contributed by atoms with Crippen molar-refractivity contribution in [3.05, 3.63) is 18.2 Å². The minimum absolute atomic E-state index is 0.00878. The molecule has 1 heterocycles. The molecule has 0 spiro atoms. The van der Waals surface area contributed by atoms with Crippen molar-refractivity contribution in [2.45, 2.75) is 19.4 Å². The maximum absolute atomic E-state index is 11.5. The lowest BCUT2D eigenvalue weighted by molar-refractivity contribution is 0.0723. The number of fused-ring (bicyclic) bond motifs is 1. The zero-order chi connectivity index (χ0) is 13.8. The van der Waals surface area contributed by atoms with Crippen LogP contribution in [0.25, 0.3) is 0 Å². The molecule has 0 saturated heterocycles. The van der Waals surface area contributed by atoms with Gasteiger partial charge in [0.1, 0.15) is 19.0 Å². The van der Waals surface area contributed by atoms with Crippen molar-refractivity contribution in [3.8, 4) is 17.2 Å². The topological polar surface area (TPSA) is 54.0 Å². The normalized spacial score (nSPS) is 14.9. The molecule has 1 aromatic rings. The lowest BCUT2D eigenvalue weighted by Crippen LogP contribution is -2.20. The van der Waals surface area contributed by atoms with Gasteiger partial charge in [-0.05, 0) is 12.1 Å². The van der Waals surface area contributed by atoms with Gasteiger partial charge in [-0.2, -0.15) is 0 Å². The second-order valence-corrected chi connectivity index (χ2v) is 4.80. The van der Waals surface area contributed by atoms with Crippen molar-refractivity contribution >= 4 is 17.8 Å². The molecule has 1 aliphatic heterocycles. The first-order valence-corrected chi connectivity index (χ1v) is 6.42. The predicted molar refractivity (Wildman–Crippen MR) is 69.0 cm³/mol. The molecule has 5 nitrogen and oxygen atoms in total. The quantitative estimate of drug-likeness (QED) is 0.485. The average molecular weight is 287 g/mol. The molecule has 1 aromatic carbocycles. The zero-order valence-electron chi connectivity index (χ0n) is 10.7. The maximum Gasteiger partial charge on any atom is 0.515 e. The van der Waals surface area contributed by atoms with E-state index in [-0.39, 0.29) is 5.92 Å². The van der Waals surface area contributed by atoms with E-state index in [4.69, 9.17) is 30.5 Å². The minimum atomic E-state index is -0.842. The fourth-order valence-corrected chi connectivity index (χ4v) is 1.51. The fourth-order valence-electron chi connectivity index (χ4n) is 1.44. The largest absolute Gasteiger partial charge is 0.515 e. The van der Waals surface area contributed by atoms with E-state index < -0.39 is 11.7 Å². The highest BCUT2D eigenvalue weighted by Crippen LogP contribution is 2.33. The first-order valence-electron chi connectivity index (χ1n) is 5.98. The lowest BCUT2D eigenvalue weighted by atomic mass is 10.2. The molecule has 1 atom stereocenters. The van der Waals surface area contributed by atoms with E-state index in [1.165, 1.54) is 0 Å². The SMILES string of the molecule is CC(C)C(Cl)OC(=O)Oc1ccc2c(c1)OCCO2. The Morgan fingerprint density at radius 1 is 1.26 bits per heavy atom. The molecule has 6 heteroatoms. The van der Waals surface area contributed by atoms with Gasteiger partial charge in [-0.3, -0.25) is 0 Å². The number of carbonyl (C=O) groups is 1. The van der Waals surface area contributed by atoms with E-state index in [0.29, 0.717) is 30.5 Å². The Morgan fingerprint density at radius 3 is 2.63 bits per heavy atom. The Balaban J connectivity index is 1.97. The summed E-state index contributed by atoms with van der Waals surface area (Å²) in [5.41, 5.74) is -0.718. The highest BCUT2D eigenvalue weighted by molar-refractivity contribution is 6.20. The highest BCUT2D eigenvalue weighted by Gasteiger charge is 2.18. The summed E-state index contributed by atoms with van der Waals surface area (Å²) in [6.07, 6.45) is -0.842. The smallest absolute Gasteiger partial charge is 0.486 e. The van der Waals surface area contributed by atoms with E-state index in [1.807, 2.05) is 13.8 Å². The molecule has 0 aliphatic carbocycles. The van der Waals surface area contributed by atoms with Crippen molar-refractivity contribution in [3.63, 3.8) is 0 Å². The summed E-state index contributed by atoms with van der Waals surface area (Å²) in [7, 11) is 0. The van der Waals surface area contributed by atoms with E-state index in [1.54, 1.807) is 18.2 Å². The van der Waals surface area contributed by atoms with Gasteiger partial charge in [-0.25, -0.2) is 4.79 Å². The predicted octanol–water partition coefficient (Wildman–Crippen LogP) is 3.19. The molecule has 0 amide bonds. The van der Waals surface area contributed by atoms with Gasteiger partial charge >= 0.3 is 6.16 Å². The van der Waals surface area contributed by atoms with Crippen LogP contribution >= 0.6 is 11.6 Å². The highest BCUT2D eigenvalue weighted by atomic mass is 35.5. The fraction of sp³-hybridized carbons (Fsp3) is 0.462. The van der Waals surface area contributed by atoms with Gasteiger partial charge in [0.15, 0.2) is 17.1 Å². The third kappa shape index (κ3) is 3.67. The summed E-state index contributed by atoms with van der Waals surface area (Å²) in [5.74, 6) is 1.50. The van der Waals surface area contributed by atoms with Crippen LogP contribution < -0.4 is 14.2 Å². The van der Waals surface area contributed by atoms with Crippen LogP contribution in [0, 0.1) is 5.92 Å². The van der Waals surface area contributed by atoms with Gasteiger partial charge in [-0.1, -0.05) is 25.4 Å². The van der Waals surface area contributed by atoms with E-state index in [9.17, 15) is 4.79 Å². The first kappa shape index (κ1) is 13.8. The van der Waals surface area contributed by atoms with Crippen LogP contribution in [0.4, 0.5) is 4.79 Å². The van der Waals surface area contributed by atoms with Crippen molar-refractivity contribution in [1.82, 2.24) is 0 Å². The van der Waals surface area contributed by atoms with Gasteiger partial charge < -0.3 is 18.9 Å². The number of hydrogen-bond acceptors (Lipinski definition) is 5. The Kier molecular flexibility index (Phi) is 4.37. The third-order valence-corrected chi connectivity index (χ3v) is 3.04. The molecule has 0 saturated carbocycles. The number of hydrogen-bond donors (Lipinski definition) is 0. The van der Waals surface area contributed by atoms with Crippen LogP contribution in [0.5, 0.6) is 17.2 Å². The summed E-state index contributed by atoms with van der Waals surface area (Å²) < 4.78 is 20.7. The third-order valence-electron chi connectivity index (χ3n) is 2.45. The van der Waals surface area contributed by atoms with Gasteiger partial charge in [0.2, 0.25) is 0 Å². The molecule has 19 heavy (non-hydrogen) atoms. The van der Waals surface area contributed by atoms with Gasteiger partial charge in [-0.15, -0.1) is 0 Å². The molecular weight excluding hydrogens is 272 g/mol. The van der Waals surface area contributed by atoms with Crippen LogP contribution in [-0.4, -0.2) is 24.9 Å². The summed E-state index contributed by atoms with van der Waals surface area (Å²) in [5, 5.41) is 0. The van der Waals surface area contributed by atoms with Crippen molar-refractivity contribution < 1.29 is 23.7 Å². The molecule has 104 valence electrons. The summed E-state index contributed by atoms with van der Waals surface area (Å²) in [4.78, 5) is 11.5. The second-order valence-electron chi connectivity index (χ2n) is 4.37. The zero-order valence-corrected chi connectivity index (χ0v) is 11.5. The van der Waals surface area contributed by atoms with Gasteiger partial charge in [0.25, 0.3) is 0 Å². The number of carbonyl (C=O) groups excluding carboxylic acids is 1. The van der Waals surface area contributed by atoms with Crippen molar-refractivity contribution in [2.24, 2.45) is 5.92 Å². The standard InChI is InChI=1S/C13H15ClO5/c1-8(2)12(14)19-13(15)18-9-3-4-10-11(7-9)17-6-5-16-10/h3-4,7-8,12H,5-6H2,1-2H3. The van der Waals surface area contributed by atoms with E-state index in [0.717, 1.165) is 0 Å². The number of alkyl halides is 1. The van der Waals surface area contributed by atoms with Crippen LogP contribution in [0.1, 0.15) is 13.8 Å². The van der Waals surface area contributed by atoms with Gasteiger partial charge in [0, 0.05) is 12.0 Å². The molecule has 0 aromatic heterocycles. The molecular formula is C13H15ClO5. The molecule has 1 unspecified atom stereocenters. The summed E-state index contributed by atoms with van der Waals surface area (Å²) in [6, 6.07) is 4.86. The molecule has 0 fully saturated rings. The van der Waals surface area contributed by atoms with Crippen LogP contribution in [0.3, 0.4) is 0 Å². The van der Waals surface area contributed by atoms with E-state index >= 15 is 0 Å². The Morgan fingerprint density at radius 2 is 1.95 bits per heavy atom. The summed E-state index contributed by atoms with van der Waals surface area (Å²) in [6.45, 7) is 4.67. The van der Waals surface area contributed by atoms with E-state index in [2.05, 4.69) is 0 Å². The Hall–Kier alpha value is -1.62. The Labute approximate surface area is 116 Å². The number of halogens is 1. The van der Waals surface area contributed by atoms with Crippen LogP contribution in [0.15, 0.2) is 18.2 Å². The maximum atomic E-state index is 11.5. The number of ether oxygens (including phenoxy) is 4. The molecule has 2 rings (SSSR count). The Bertz CT molecular complexity index is 460. The van der Waals surface area contributed by atoms with Crippen LogP contribution in [0.2, 0.25) is 0 Å². The van der Waals surface area contributed by atoms with Gasteiger partial charge in [0.05, 0.1) is 0 Å². The second kappa shape index (κ2) is 6.02. The molecule has 0 radical (unpaired) electrons. The molecule has 1 aliphatic rings. The summed E-state index contributed by atoms with van der Waals surface area (Å²) >= 11 is 5.82. The first-order chi connectivity index (χ1) is 9.06. The van der Waals surface area contributed by atoms with Crippen molar-refractivity contribution in [2.75, 3.05) is 13.2 Å². The lowest BCUT2D eigenvalue weighted by Gasteiger charge is -2.19. The van der Waals surface area contributed by atoms with Crippen molar-refractivity contribution in [1.29, 1.82) is 0 Å².